The van der Waals surface area contributed by atoms with Gasteiger partial charge in [0.15, 0.2) is 11.5 Å². The molecule has 148 valence electrons. The zero-order chi connectivity index (χ0) is 20.1. The first kappa shape index (κ1) is 20.2. The van der Waals surface area contributed by atoms with E-state index in [0.717, 1.165) is 12.0 Å². The van der Waals surface area contributed by atoms with Crippen LogP contribution in [0.15, 0.2) is 48.5 Å². The van der Waals surface area contributed by atoms with E-state index in [1.807, 2.05) is 18.2 Å². The van der Waals surface area contributed by atoms with Crippen LogP contribution >= 0.6 is 11.6 Å². The lowest BCUT2D eigenvalue weighted by Crippen LogP contribution is -2.44. The van der Waals surface area contributed by atoms with Gasteiger partial charge in [-0.3, -0.25) is 4.79 Å². The molecule has 1 aliphatic rings. The number of nitrogens with one attached hydrogen (secondary N) is 2. The van der Waals surface area contributed by atoms with Crippen molar-refractivity contribution in [2.75, 3.05) is 21.3 Å². The molecule has 1 aliphatic heterocycles. The zero-order valence-corrected chi connectivity index (χ0v) is 16.9. The standard InChI is InChI=1S/C21H24ClN3O3/c1-25(19-13-17(23-24-19)15-7-5-4-6-8-15)20(26)10-9-14-11-16(22)21(28-3)18(12-14)27-2/h4-12,17,19,23-24H,13H2,1-3H3/b10-9+. The molecule has 2 N–H and O–H groups in total. The Hall–Kier alpha value is -2.54. The molecule has 0 radical (unpaired) electrons. The van der Waals surface area contributed by atoms with Crippen LogP contribution in [0.3, 0.4) is 0 Å². The van der Waals surface area contributed by atoms with E-state index in [2.05, 4.69) is 23.0 Å². The summed E-state index contributed by atoms with van der Waals surface area (Å²) in [4.78, 5) is 14.3. The molecule has 1 fully saturated rings. The van der Waals surface area contributed by atoms with Gasteiger partial charge in [-0.2, -0.15) is 0 Å². The van der Waals surface area contributed by atoms with E-state index < -0.39 is 0 Å². The van der Waals surface area contributed by atoms with Gasteiger partial charge in [0.25, 0.3) is 0 Å². The summed E-state index contributed by atoms with van der Waals surface area (Å²) in [5, 5.41) is 0.426. The summed E-state index contributed by atoms with van der Waals surface area (Å²) in [7, 11) is 4.85. The molecule has 1 saturated heterocycles. The third-order valence-corrected chi connectivity index (χ3v) is 5.06. The monoisotopic (exact) mass is 401 g/mol. The van der Waals surface area contributed by atoms with Crippen molar-refractivity contribution in [3.05, 3.63) is 64.7 Å². The van der Waals surface area contributed by atoms with Gasteiger partial charge in [0, 0.05) is 25.6 Å². The van der Waals surface area contributed by atoms with Crippen LogP contribution in [0.25, 0.3) is 6.08 Å². The number of nitrogens with zero attached hydrogens (tertiary/aromatic N) is 1. The minimum atomic E-state index is -0.112. The van der Waals surface area contributed by atoms with Crippen LogP contribution in [0.1, 0.15) is 23.6 Å². The second-order valence-corrected chi connectivity index (χ2v) is 6.93. The van der Waals surface area contributed by atoms with Crippen molar-refractivity contribution < 1.29 is 14.3 Å². The van der Waals surface area contributed by atoms with Gasteiger partial charge in [0.05, 0.1) is 25.4 Å². The lowest BCUT2D eigenvalue weighted by Gasteiger charge is -2.22. The molecule has 0 bridgehead atoms. The predicted octanol–water partition coefficient (Wildman–Crippen LogP) is 3.39. The van der Waals surface area contributed by atoms with Crippen molar-refractivity contribution in [1.82, 2.24) is 15.8 Å². The van der Waals surface area contributed by atoms with Crippen LogP contribution in [0, 0.1) is 0 Å². The first-order valence-corrected chi connectivity index (χ1v) is 9.33. The normalized spacial score (nSPS) is 19.0. The number of halogens is 1. The highest BCUT2D eigenvalue weighted by Crippen LogP contribution is 2.36. The summed E-state index contributed by atoms with van der Waals surface area (Å²) in [5.41, 5.74) is 8.38. The summed E-state index contributed by atoms with van der Waals surface area (Å²) in [5.74, 6) is 0.875. The maximum Gasteiger partial charge on any atom is 0.247 e. The molecular weight excluding hydrogens is 378 g/mol. The number of hydrazine groups is 1. The molecule has 2 atom stereocenters. The molecule has 0 spiro atoms. The topological polar surface area (TPSA) is 62.8 Å². The van der Waals surface area contributed by atoms with E-state index in [-0.39, 0.29) is 18.1 Å². The molecule has 1 heterocycles. The Bertz CT molecular complexity index is 857. The van der Waals surface area contributed by atoms with E-state index in [1.165, 1.54) is 18.7 Å². The Labute approximate surface area is 170 Å². The average molecular weight is 402 g/mol. The zero-order valence-electron chi connectivity index (χ0n) is 16.1. The van der Waals surface area contributed by atoms with Crippen LogP contribution in [0.2, 0.25) is 5.02 Å². The first-order chi connectivity index (χ1) is 13.5. The number of benzene rings is 2. The van der Waals surface area contributed by atoms with Gasteiger partial charge in [-0.05, 0) is 29.3 Å². The Morgan fingerprint density at radius 1 is 1.18 bits per heavy atom. The van der Waals surface area contributed by atoms with Crippen molar-refractivity contribution in [3.63, 3.8) is 0 Å². The van der Waals surface area contributed by atoms with Gasteiger partial charge < -0.3 is 14.4 Å². The molecule has 3 rings (SSSR count). The summed E-state index contributed by atoms with van der Waals surface area (Å²) >= 11 is 6.22. The molecule has 1 amide bonds. The van der Waals surface area contributed by atoms with Crippen LogP contribution in [-0.2, 0) is 4.79 Å². The molecular formula is C21H24ClN3O3. The third kappa shape index (κ3) is 4.47. The molecule has 2 unspecified atom stereocenters. The minimum Gasteiger partial charge on any atom is -0.493 e. The number of hydrogen-bond donors (Lipinski definition) is 2. The molecule has 6 nitrogen and oxygen atoms in total. The van der Waals surface area contributed by atoms with Crippen LogP contribution in [0.5, 0.6) is 11.5 Å². The minimum absolute atomic E-state index is 0.101. The number of carbonyl (C=O) groups excluding carboxylic acids is 1. The third-order valence-electron chi connectivity index (χ3n) is 4.77. The second-order valence-electron chi connectivity index (χ2n) is 6.52. The SMILES string of the molecule is COc1cc(/C=C/C(=O)N(C)C2CC(c3ccccc3)NN2)cc(Cl)c1OC. The molecule has 2 aromatic carbocycles. The van der Waals surface area contributed by atoms with Crippen molar-refractivity contribution in [1.29, 1.82) is 0 Å². The molecule has 2 aromatic rings. The molecule has 0 saturated carbocycles. The van der Waals surface area contributed by atoms with E-state index in [1.54, 1.807) is 37.3 Å². The van der Waals surface area contributed by atoms with E-state index in [0.29, 0.717) is 16.5 Å². The van der Waals surface area contributed by atoms with Crippen molar-refractivity contribution in [3.8, 4) is 11.5 Å². The number of likely N-dealkylation sites (N-methyl/N-ethyl adjacent to an activating group) is 1. The van der Waals surface area contributed by atoms with Gasteiger partial charge in [-0.25, -0.2) is 10.9 Å². The summed E-state index contributed by atoms with van der Waals surface area (Å²) in [6.07, 6.45) is 3.91. The fraction of sp³-hybridized carbons (Fsp3) is 0.286. The Morgan fingerprint density at radius 2 is 1.93 bits per heavy atom. The highest BCUT2D eigenvalue weighted by Gasteiger charge is 2.29. The summed E-state index contributed by atoms with van der Waals surface area (Å²) in [6, 6.07) is 13.8. The second kappa shape index (κ2) is 9.10. The molecule has 0 aromatic heterocycles. The van der Waals surface area contributed by atoms with E-state index in [9.17, 15) is 4.79 Å². The number of rotatable bonds is 6. The molecule has 28 heavy (non-hydrogen) atoms. The van der Waals surface area contributed by atoms with Gasteiger partial charge in [-0.15, -0.1) is 0 Å². The maximum atomic E-state index is 12.6. The smallest absolute Gasteiger partial charge is 0.247 e. The fourth-order valence-corrected chi connectivity index (χ4v) is 3.47. The average Bonchev–Trinajstić information content (AvgIpc) is 3.21. The quantitative estimate of drug-likeness (QED) is 0.726. The number of methoxy groups -OCH3 is 2. The highest BCUT2D eigenvalue weighted by atomic mass is 35.5. The molecule has 7 heteroatoms. The number of ether oxygens (including phenoxy) is 2. The van der Waals surface area contributed by atoms with Gasteiger partial charge in [-0.1, -0.05) is 41.9 Å². The van der Waals surface area contributed by atoms with Crippen LogP contribution in [-0.4, -0.2) is 38.2 Å². The number of amides is 1. The number of hydrogen-bond acceptors (Lipinski definition) is 5. The van der Waals surface area contributed by atoms with Gasteiger partial charge in [0.1, 0.15) is 0 Å². The number of carbonyl (C=O) groups is 1. The van der Waals surface area contributed by atoms with Crippen LogP contribution < -0.4 is 20.3 Å². The summed E-state index contributed by atoms with van der Waals surface area (Å²) in [6.45, 7) is 0. The van der Waals surface area contributed by atoms with Gasteiger partial charge >= 0.3 is 0 Å². The van der Waals surface area contributed by atoms with E-state index in [4.69, 9.17) is 21.1 Å². The van der Waals surface area contributed by atoms with Crippen LogP contribution in [0.4, 0.5) is 0 Å². The van der Waals surface area contributed by atoms with E-state index >= 15 is 0 Å². The first-order valence-electron chi connectivity index (χ1n) is 8.96. The largest absolute Gasteiger partial charge is 0.493 e. The lowest BCUT2D eigenvalue weighted by molar-refractivity contribution is -0.127. The predicted molar refractivity (Wildman–Crippen MR) is 110 cm³/mol. The Kier molecular flexibility index (Phi) is 6.57. The maximum absolute atomic E-state index is 12.6. The molecule has 0 aliphatic carbocycles. The Balaban J connectivity index is 1.65. The van der Waals surface area contributed by atoms with Crippen molar-refractivity contribution >= 4 is 23.6 Å². The fourth-order valence-electron chi connectivity index (χ4n) is 3.17. The lowest BCUT2D eigenvalue weighted by atomic mass is 10.0. The van der Waals surface area contributed by atoms with Crippen molar-refractivity contribution in [2.24, 2.45) is 0 Å². The summed E-state index contributed by atoms with van der Waals surface area (Å²) < 4.78 is 10.5. The van der Waals surface area contributed by atoms with Crippen molar-refractivity contribution in [2.45, 2.75) is 18.6 Å². The highest BCUT2D eigenvalue weighted by molar-refractivity contribution is 6.32. The van der Waals surface area contributed by atoms with Gasteiger partial charge in [0.2, 0.25) is 5.91 Å². The Morgan fingerprint density at radius 3 is 2.61 bits per heavy atom.